The summed E-state index contributed by atoms with van der Waals surface area (Å²) in [5, 5.41) is 3.08. The van der Waals surface area contributed by atoms with Gasteiger partial charge in [-0.15, -0.1) is 11.3 Å². The van der Waals surface area contributed by atoms with Gasteiger partial charge in [0.1, 0.15) is 0 Å². The minimum Gasteiger partial charge on any atom is -0.271 e. The summed E-state index contributed by atoms with van der Waals surface area (Å²) in [6, 6.07) is 8.54. The molecule has 0 aliphatic rings. The first-order valence-corrected chi connectivity index (χ1v) is 6.08. The highest BCUT2D eigenvalue weighted by molar-refractivity contribution is 7.09. The third kappa shape index (κ3) is 2.66. The van der Waals surface area contributed by atoms with Gasteiger partial charge in [0.15, 0.2) is 0 Å². The second kappa shape index (κ2) is 5.21. The Bertz CT molecular complexity index is 422. The fourth-order valence-corrected chi connectivity index (χ4v) is 2.26. The van der Waals surface area contributed by atoms with Crippen molar-refractivity contribution >= 4 is 11.3 Å². The number of hydrogen-bond acceptors (Lipinski definition) is 4. The average molecular weight is 233 g/mol. The van der Waals surface area contributed by atoms with Crippen molar-refractivity contribution < 1.29 is 0 Å². The van der Waals surface area contributed by atoms with Crippen LogP contribution in [0.2, 0.25) is 0 Å². The molecule has 1 aromatic heterocycles. The SMILES string of the molecule is Cc1ccc(C(Cc2nccs2)NN)cc1. The van der Waals surface area contributed by atoms with Crippen molar-refractivity contribution in [1.29, 1.82) is 0 Å². The van der Waals surface area contributed by atoms with E-state index in [1.54, 1.807) is 11.3 Å². The number of aromatic nitrogens is 1. The van der Waals surface area contributed by atoms with E-state index in [0.29, 0.717) is 0 Å². The number of nitrogens with two attached hydrogens (primary N) is 1. The molecule has 0 bridgehead atoms. The molecule has 0 fully saturated rings. The molecule has 0 spiro atoms. The van der Waals surface area contributed by atoms with Crippen LogP contribution in [-0.2, 0) is 6.42 Å². The van der Waals surface area contributed by atoms with E-state index in [2.05, 4.69) is 41.6 Å². The van der Waals surface area contributed by atoms with E-state index >= 15 is 0 Å². The molecule has 84 valence electrons. The van der Waals surface area contributed by atoms with Gasteiger partial charge in [0.05, 0.1) is 11.0 Å². The number of benzene rings is 1. The summed E-state index contributed by atoms with van der Waals surface area (Å²) >= 11 is 1.66. The van der Waals surface area contributed by atoms with Crippen LogP contribution in [0.3, 0.4) is 0 Å². The van der Waals surface area contributed by atoms with Crippen LogP contribution in [0.1, 0.15) is 22.2 Å². The minimum atomic E-state index is 0.131. The highest BCUT2D eigenvalue weighted by Gasteiger charge is 2.11. The molecule has 1 heterocycles. The zero-order valence-electron chi connectivity index (χ0n) is 9.18. The monoisotopic (exact) mass is 233 g/mol. The van der Waals surface area contributed by atoms with E-state index < -0.39 is 0 Å². The quantitative estimate of drug-likeness (QED) is 0.629. The van der Waals surface area contributed by atoms with Crippen LogP contribution in [0.5, 0.6) is 0 Å². The topological polar surface area (TPSA) is 50.9 Å². The number of hydrazine groups is 1. The molecule has 0 saturated heterocycles. The van der Waals surface area contributed by atoms with Crippen LogP contribution >= 0.6 is 11.3 Å². The molecule has 2 aromatic rings. The number of aryl methyl sites for hydroxylation is 1. The smallest absolute Gasteiger partial charge is 0.0944 e. The van der Waals surface area contributed by atoms with Crippen LogP contribution in [0.15, 0.2) is 35.8 Å². The molecule has 16 heavy (non-hydrogen) atoms. The summed E-state index contributed by atoms with van der Waals surface area (Å²) < 4.78 is 0. The van der Waals surface area contributed by atoms with E-state index in [-0.39, 0.29) is 6.04 Å². The lowest BCUT2D eigenvalue weighted by Crippen LogP contribution is -2.29. The van der Waals surface area contributed by atoms with Crippen LogP contribution in [0, 0.1) is 6.92 Å². The van der Waals surface area contributed by atoms with Crippen molar-refractivity contribution in [3.63, 3.8) is 0 Å². The van der Waals surface area contributed by atoms with Gasteiger partial charge in [-0.2, -0.15) is 0 Å². The maximum absolute atomic E-state index is 5.59. The van der Waals surface area contributed by atoms with E-state index in [0.717, 1.165) is 11.4 Å². The van der Waals surface area contributed by atoms with Gasteiger partial charge < -0.3 is 0 Å². The van der Waals surface area contributed by atoms with Gasteiger partial charge >= 0.3 is 0 Å². The van der Waals surface area contributed by atoms with Gasteiger partial charge in [0, 0.05) is 18.0 Å². The van der Waals surface area contributed by atoms with Crippen molar-refractivity contribution in [2.45, 2.75) is 19.4 Å². The van der Waals surface area contributed by atoms with Crippen molar-refractivity contribution in [2.24, 2.45) is 5.84 Å². The van der Waals surface area contributed by atoms with Crippen molar-refractivity contribution in [3.05, 3.63) is 52.0 Å². The van der Waals surface area contributed by atoms with Gasteiger partial charge in [-0.3, -0.25) is 11.3 Å². The molecule has 3 N–H and O–H groups in total. The Morgan fingerprint density at radius 2 is 2.12 bits per heavy atom. The molecular formula is C12H15N3S. The Morgan fingerprint density at radius 1 is 1.38 bits per heavy atom. The second-order valence-corrected chi connectivity index (χ2v) is 4.74. The summed E-state index contributed by atoms with van der Waals surface area (Å²) in [6.45, 7) is 2.08. The Labute approximate surface area is 99.3 Å². The number of hydrogen-bond donors (Lipinski definition) is 2. The van der Waals surface area contributed by atoms with E-state index in [4.69, 9.17) is 5.84 Å². The summed E-state index contributed by atoms with van der Waals surface area (Å²) in [6.07, 6.45) is 2.65. The lowest BCUT2D eigenvalue weighted by atomic mass is 10.0. The van der Waals surface area contributed by atoms with Gasteiger partial charge in [-0.05, 0) is 12.5 Å². The lowest BCUT2D eigenvalue weighted by Gasteiger charge is -2.15. The molecule has 0 aliphatic carbocycles. The number of nitrogens with zero attached hydrogens (tertiary/aromatic N) is 1. The Hall–Kier alpha value is -1.23. The third-order valence-electron chi connectivity index (χ3n) is 2.54. The maximum Gasteiger partial charge on any atom is 0.0944 e. The summed E-state index contributed by atoms with van der Waals surface area (Å²) in [7, 11) is 0. The second-order valence-electron chi connectivity index (χ2n) is 3.76. The number of thiazole rings is 1. The molecule has 0 saturated carbocycles. The highest BCUT2D eigenvalue weighted by Crippen LogP contribution is 2.19. The van der Waals surface area contributed by atoms with Crippen molar-refractivity contribution in [1.82, 2.24) is 10.4 Å². The number of rotatable bonds is 4. The predicted octanol–water partition coefficient (Wildman–Crippen LogP) is 2.20. The standard InChI is InChI=1S/C12H15N3S/c1-9-2-4-10(5-3-9)11(15-13)8-12-14-6-7-16-12/h2-7,11,15H,8,13H2,1H3. The van der Waals surface area contributed by atoms with Crippen molar-refractivity contribution in [2.75, 3.05) is 0 Å². The molecule has 4 heteroatoms. The molecule has 3 nitrogen and oxygen atoms in total. The van der Waals surface area contributed by atoms with E-state index in [1.165, 1.54) is 11.1 Å². The molecule has 0 radical (unpaired) electrons. The molecule has 1 atom stereocenters. The first-order chi connectivity index (χ1) is 7.79. The zero-order valence-corrected chi connectivity index (χ0v) is 10.00. The Balaban J connectivity index is 2.13. The molecule has 0 aliphatic heterocycles. The van der Waals surface area contributed by atoms with Crippen molar-refractivity contribution in [3.8, 4) is 0 Å². The lowest BCUT2D eigenvalue weighted by molar-refractivity contribution is 0.550. The van der Waals surface area contributed by atoms with Gasteiger partial charge in [0.25, 0.3) is 0 Å². The first-order valence-electron chi connectivity index (χ1n) is 5.20. The van der Waals surface area contributed by atoms with Crippen LogP contribution < -0.4 is 11.3 Å². The largest absolute Gasteiger partial charge is 0.271 e. The third-order valence-corrected chi connectivity index (χ3v) is 3.35. The average Bonchev–Trinajstić information content (AvgIpc) is 2.80. The Morgan fingerprint density at radius 3 is 2.69 bits per heavy atom. The highest BCUT2D eigenvalue weighted by atomic mass is 32.1. The summed E-state index contributed by atoms with van der Waals surface area (Å²) in [5.41, 5.74) is 5.30. The molecule has 0 amide bonds. The normalized spacial score (nSPS) is 12.6. The fourth-order valence-electron chi connectivity index (χ4n) is 1.60. The molecular weight excluding hydrogens is 218 g/mol. The zero-order chi connectivity index (χ0) is 11.4. The van der Waals surface area contributed by atoms with Gasteiger partial charge in [0.2, 0.25) is 0 Å². The van der Waals surface area contributed by atoms with E-state index in [9.17, 15) is 0 Å². The van der Waals surface area contributed by atoms with Gasteiger partial charge in [-0.1, -0.05) is 29.8 Å². The first kappa shape index (κ1) is 11.3. The van der Waals surface area contributed by atoms with Gasteiger partial charge in [-0.25, -0.2) is 4.98 Å². The molecule has 1 aromatic carbocycles. The predicted molar refractivity (Wildman–Crippen MR) is 67.1 cm³/mol. The maximum atomic E-state index is 5.59. The minimum absolute atomic E-state index is 0.131. The summed E-state index contributed by atoms with van der Waals surface area (Å²) in [5.74, 6) is 5.59. The molecule has 2 rings (SSSR count). The van der Waals surface area contributed by atoms with Crippen LogP contribution in [0.25, 0.3) is 0 Å². The van der Waals surface area contributed by atoms with Crippen LogP contribution in [0.4, 0.5) is 0 Å². The summed E-state index contributed by atoms with van der Waals surface area (Å²) in [4.78, 5) is 4.27. The van der Waals surface area contributed by atoms with Crippen LogP contribution in [-0.4, -0.2) is 4.98 Å². The Kier molecular flexibility index (Phi) is 3.66. The number of nitrogens with one attached hydrogen (secondary N) is 1. The van der Waals surface area contributed by atoms with E-state index in [1.807, 2.05) is 11.6 Å². The molecule has 1 unspecified atom stereocenters. The fraction of sp³-hybridized carbons (Fsp3) is 0.250.